The van der Waals surface area contributed by atoms with Crippen LogP contribution in [0.1, 0.15) is 77.0 Å². The highest BCUT2D eigenvalue weighted by Crippen LogP contribution is 2.26. The number of unbranched alkanes of at least 4 members (excludes halogenated alkanes) is 3. The molecule has 1 heterocycles. The van der Waals surface area contributed by atoms with E-state index in [2.05, 4.69) is 0 Å². The van der Waals surface area contributed by atoms with Crippen LogP contribution in [0.15, 0.2) is 0 Å². The van der Waals surface area contributed by atoms with E-state index in [1.165, 1.54) is 0 Å². The van der Waals surface area contributed by atoms with Gasteiger partial charge in [-0.05, 0) is 57.8 Å². The molecular formula is C18H30O9. The quantitative estimate of drug-likeness (QED) is 0.360. The summed E-state index contributed by atoms with van der Waals surface area (Å²) in [4.78, 5) is 31.7. The molecule has 0 saturated carbocycles. The minimum atomic E-state index is -0.837. The number of rotatable bonds is 15. The van der Waals surface area contributed by atoms with Gasteiger partial charge in [0.25, 0.3) is 0 Å². The van der Waals surface area contributed by atoms with Gasteiger partial charge in [-0.2, -0.15) is 0 Å². The number of hydrogen-bond donors (Lipinski definition) is 3. The van der Waals surface area contributed by atoms with Gasteiger partial charge in [-0.3, -0.25) is 14.4 Å². The average Bonchev–Trinajstić information content (AvgIpc) is 2.59. The van der Waals surface area contributed by atoms with Crippen LogP contribution in [-0.4, -0.2) is 52.1 Å². The highest BCUT2D eigenvalue weighted by Gasteiger charge is 2.29. The Kier molecular flexibility index (Phi) is 11.6. The molecule has 1 aliphatic rings. The van der Waals surface area contributed by atoms with Crippen LogP contribution in [0, 0.1) is 0 Å². The first-order valence-corrected chi connectivity index (χ1v) is 9.48. The Hall–Kier alpha value is -1.71. The Morgan fingerprint density at radius 1 is 0.519 bits per heavy atom. The molecule has 27 heavy (non-hydrogen) atoms. The summed E-state index contributed by atoms with van der Waals surface area (Å²) in [6, 6.07) is 0. The fraction of sp³-hybridized carbons (Fsp3) is 0.833. The Balaban J connectivity index is 2.40. The van der Waals surface area contributed by atoms with Crippen molar-refractivity contribution in [2.24, 2.45) is 0 Å². The first-order valence-electron chi connectivity index (χ1n) is 9.48. The summed E-state index contributed by atoms with van der Waals surface area (Å²) in [5.41, 5.74) is 0. The van der Waals surface area contributed by atoms with Crippen molar-refractivity contribution < 1.29 is 43.9 Å². The molecular weight excluding hydrogens is 360 g/mol. The Bertz CT molecular complexity index is 393. The van der Waals surface area contributed by atoms with Gasteiger partial charge in [0, 0.05) is 19.3 Å². The van der Waals surface area contributed by atoms with Gasteiger partial charge in [0.15, 0.2) is 18.9 Å². The van der Waals surface area contributed by atoms with Gasteiger partial charge in [-0.1, -0.05) is 0 Å². The molecule has 0 amide bonds. The third kappa shape index (κ3) is 12.3. The third-order valence-corrected chi connectivity index (χ3v) is 4.15. The number of ether oxygens (including phenoxy) is 3. The molecule has 1 saturated heterocycles. The van der Waals surface area contributed by atoms with Gasteiger partial charge in [0.05, 0.1) is 0 Å². The van der Waals surface area contributed by atoms with Gasteiger partial charge in [-0.25, -0.2) is 0 Å². The normalized spacial score (nSPS) is 22.4. The van der Waals surface area contributed by atoms with Gasteiger partial charge >= 0.3 is 17.9 Å². The number of aliphatic carboxylic acids is 3. The summed E-state index contributed by atoms with van der Waals surface area (Å²) in [5, 5.41) is 26.1. The maximum absolute atomic E-state index is 10.6. The molecule has 0 radical (unpaired) electrons. The van der Waals surface area contributed by atoms with Crippen LogP contribution in [0.4, 0.5) is 0 Å². The lowest BCUT2D eigenvalue weighted by Gasteiger charge is -2.36. The van der Waals surface area contributed by atoms with Gasteiger partial charge in [-0.15, -0.1) is 0 Å². The standard InChI is InChI=1S/C18H30O9/c19-13(20)7-1-4-10-16-25-17(11-5-2-8-14(21)22)27-18(26-16)12-6-3-9-15(23)24/h16-18H,1-12H2,(H,19,20)(H,21,22)(H,23,24). The lowest BCUT2D eigenvalue weighted by atomic mass is 10.1. The maximum atomic E-state index is 10.6. The Morgan fingerprint density at radius 3 is 1.00 bits per heavy atom. The number of carbonyl (C=O) groups is 3. The summed E-state index contributed by atoms with van der Waals surface area (Å²) >= 11 is 0. The molecule has 0 bridgehead atoms. The number of carboxylic acids is 3. The maximum Gasteiger partial charge on any atom is 0.303 e. The molecule has 0 atom stereocenters. The molecule has 0 spiro atoms. The van der Waals surface area contributed by atoms with E-state index in [1.807, 2.05) is 0 Å². The lowest BCUT2D eigenvalue weighted by molar-refractivity contribution is -0.386. The van der Waals surface area contributed by atoms with Crippen molar-refractivity contribution in [3.8, 4) is 0 Å². The van der Waals surface area contributed by atoms with Crippen molar-refractivity contribution in [1.82, 2.24) is 0 Å². The number of hydrogen-bond acceptors (Lipinski definition) is 6. The van der Waals surface area contributed by atoms with E-state index >= 15 is 0 Å². The zero-order valence-corrected chi connectivity index (χ0v) is 15.5. The SMILES string of the molecule is O=C(O)CCCCC1OC(CCCCC(=O)O)OC(CCCCC(=O)O)O1. The average molecular weight is 390 g/mol. The van der Waals surface area contributed by atoms with E-state index in [1.54, 1.807) is 0 Å². The molecule has 0 aromatic carbocycles. The molecule has 9 nitrogen and oxygen atoms in total. The van der Waals surface area contributed by atoms with Crippen molar-refractivity contribution in [2.45, 2.75) is 95.9 Å². The highest BCUT2D eigenvalue weighted by atomic mass is 16.9. The molecule has 0 unspecified atom stereocenters. The second-order valence-electron chi connectivity index (χ2n) is 6.62. The van der Waals surface area contributed by atoms with Crippen LogP contribution in [0.25, 0.3) is 0 Å². The molecule has 0 aromatic rings. The van der Waals surface area contributed by atoms with E-state index in [9.17, 15) is 14.4 Å². The molecule has 0 aromatic heterocycles. The molecule has 3 N–H and O–H groups in total. The zero-order valence-electron chi connectivity index (χ0n) is 15.5. The molecule has 9 heteroatoms. The molecule has 1 fully saturated rings. The van der Waals surface area contributed by atoms with Crippen LogP contribution < -0.4 is 0 Å². The molecule has 1 aliphatic heterocycles. The summed E-state index contributed by atoms with van der Waals surface area (Å²) in [7, 11) is 0. The van der Waals surface area contributed by atoms with Gasteiger partial charge in [0.2, 0.25) is 0 Å². The van der Waals surface area contributed by atoms with Crippen LogP contribution >= 0.6 is 0 Å². The fourth-order valence-corrected chi connectivity index (χ4v) is 2.77. The van der Waals surface area contributed by atoms with E-state index in [0.717, 1.165) is 0 Å². The fourth-order valence-electron chi connectivity index (χ4n) is 2.77. The topological polar surface area (TPSA) is 140 Å². The van der Waals surface area contributed by atoms with Crippen molar-refractivity contribution in [1.29, 1.82) is 0 Å². The summed E-state index contributed by atoms with van der Waals surface area (Å²) < 4.78 is 17.2. The minimum absolute atomic E-state index is 0.0977. The number of carboxylic acid groups (broad SMARTS) is 3. The largest absolute Gasteiger partial charge is 0.481 e. The van der Waals surface area contributed by atoms with Crippen molar-refractivity contribution in [3.63, 3.8) is 0 Å². The molecule has 156 valence electrons. The van der Waals surface area contributed by atoms with Gasteiger partial charge in [0.1, 0.15) is 0 Å². The van der Waals surface area contributed by atoms with Crippen molar-refractivity contribution in [2.75, 3.05) is 0 Å². The Labute approximate surface area is 158 Å². The predicted molar refractivity (Wildman–Crippen MR) is 92.9 cm³/mol. The first kappa shape index (κ1) is 23.3. The molecule has 0 aliphatic carbocycles. The van der Waals surface area contributed by atoms with Crippen LogP contribution in [-0.2, 0) is 28.6 Å². The smallest absolute Gasteiger partial charge is 0.303 e. The Morgan fingerprint density at radius 2 is 0.778 bits per heavy atom. The lowest BCUT2D eigenvalue weighted by Crippen LogP contribution is -2.40. The summed E-state index contributed by atoms with van der Waals surface area (Å²) in [5.74, 6) is -2.51. The van der Waals surface area contributed by atoms with E-state index in [-0.39, 0.29) is 19.3 Å². The second-order valence-corrected chi connectivity index (χ2v) is 6.62. The second kappa shape index (κ2) is 13.5. The minimum Gasteiger partial charge on any atom is -0.481 e. The van der Waals surface area contributed by atoms with E-state index in [0.29, 0.717) is 57.8 Å². The first-order chi connectivity index (χ1) is 12.9. The third-order valence-electron chi connectivity index (χ3n) is 4.15. The highest BCUT2D eigenvalue weighted by molar-refractivity contribution is 5.67. The predicted octanol–water partition coefficient (Wildman–Crippen LogP) is 2.96. The van der Waals surface area contributed by atoms with Crippen molar-refractivity contribution >= 4 is 17.9 Å². The zero-order chi connectivity index (χ0) is 20.1. The van der Waals surface area contributed by atoms with Crippen LogP contribution in [0.5, 0.6) is 0 Å². The van der Waals surface area contributed by atoms with E-state index < -0.39 is 36.8 Å². The van der Waals surface area contributed by atoms with Crippen molar-refractivity contribution in [3.05, 3.63) is 0 Å². The van der Waals surface area contributed by atoms with Crippen LogP contribution in [0.2, 0.25) is 0 Å². The van der Waals surface area contributed by atoms with Gasteiger partial charge < -0.3 is 29.5 Å². The molecule has 1 rings (SSSR count). The van der Waals surface area contributed by atoms with E-state index in [4.69, 9.17) is 29.5 Å². The summed E-state index contributed by atoms with van der Waals surface area (Å²) in [6.45, 7) is 0. The van der Waals surface area contributed by atoms with Crippen LogP contribution in [0.3, 0.4) is 0 Å². The summed E-state index contributed by atoms with van der Waals surface area (Å²) in [6.07, 6.45) is 3.99. The monoisotopic (exact) mass is 390 g/mol.